The highest BCUT2D eigenvalue weighted by Crippen LogP contribution is 2.30. The van der Waals surface area contributed by atoms with Gasteiger partial charge in [0.25, 0.3) is 11.5 Å². The summed E-state index contributed by atoms with van der Waals surface area (Å²) in [5.74, 6) is 0.955. The van der Waals surface area contributed by atoms with Crippen molar-refractivity contribution in [2.45, 2.75) is 26.2 Å². The summed E-state index contributed by atoms with van der Waals surface area (Å²) in [5, 5.41) is 8.29. The number of aromatic nitrogens is 2. The van der Waals surface area contributed by atoms with Crippen LogP contribution in [0.2, 0.25) is 5.02 Å². The third-order valence-corrected chi connectivity index (χ3v) is 6.39. The predicted octanol–water partition coefficient (Wildman–Crippen LogP) is 6.06. The molecule has 0 aliphatic carbocycles. The number of benzene rings is 3. The zero-order valence-electron chi connectivity index (χ0n) is 20.9. The minimum Gasteiger partial charge on any atom is -0.493 e. The van der Waals surface area contributed by atoms with Crippen LogP contribution in [0.4, 0.5) is 5.69 Å². The maximum absolute atomic E-state index is 13.4. The van der Waals surface area contributed by atoms with E-state index in [0.717, 1.165) is 17.3 Å². The number of halogens is 2. The van der Waals surface area contributed by atoms with Gasteiger partial charge in [-0.3, -0.25) is 9.59 Å². The SMILES string of the molecule is CCCCc1nc2ccc(Br)cc2c(=O)n1N=Cc1cccc(OC)c1OCC(=O)Nc1ccc(Cl)cc1. The maximum Gasteiger partial charge on any atom is 0.282 e. The van der Waals surface area contributed by atoms with Gasteiger partial charge in [-0.05, 0) is 61.0 Å². The number of rotatable bonds is 10. The molecule has 3 aromatic carbocycles. The molecule has 1 aromatic heterocycles. The van der Waals surface area contributed by atoms with Crippen LogP contribution in [0.5, 0.6) is 11.5 Å². The number of fused-ring (bicyclic) bond motifs is 1. The highest BCUT2D eigenvalue weighted by atomic mass is 79.9. The fourth-order valence-electron chi connectivity index (χ4n) is 3.75. The van der Waals surface area contributed by atoms with Crippen molar-refractivity contribution in [3.63, 3.8) is 0 Å². The van der Waals surface area contributed by atoms with E-state index in [2.05, 4.69) is 33.3 Å². The van der Waals surface area contributed by atoms with Crippen molar-refractivity contribution < 1.29 is 14.3 Å². The molecule has 0 unspecified atom stereocenters. The largest absolute Gasteiger partial charge is 0.493 e. The molecule has 1 N–H and O–H groups in total. The summed E-state index contributed by atoms with van der Waals surface area (Å²) in [7, 11) is 1.51. The summed E-state index contributed by atoms with van der Waals surface area (Å²) in [6.45, 7) is 1.81. The minimum atomic E-state index is -0.358. The Morgan fingerprint density at radius 1 is 1.18 bits per heavy atom. The van der Waals surface area contributed by atoms with E-state index in [1.165, 1.54) is 18.0 Å². The highest BCUT2D eigenvalue weighted by Gasteiger charge is 2.14. The number of hydrogen-bond donors (Lipinski definition) is 1. The molecule has 0 atom stereocenters. The van der Waals surface area contributed by atoms with Gasteiger partial charge >= 0.3 is 0 Å². The summed E-state index contributed by atoms with van der Waals surface area (Å²) in [5.41, 5.74) is 1.48. The lowest BCUT2D eigenvalue weighted by molar-refractivity contribution is -0.118. The van der Waals surface area contributed by atoms with Gasteiger partial charge in [-0.2, -0.15) is 9.78 Å². The molecule has 1 amide bonds. The Labute approximate surface area is 233 Å². The minimum absolute atomic E-state index is 0.267. The first kappa shape index (κ1) is 27.3. The second kappa shape index (κ2) is 12.7. The molecule has 10 heteroatoms. The Hall–Kier alpha value is -3.69. The Balaban J connectivity index is 1.64. The molecular formula is C28H26BrClN4O4. The average Bonchev–Trinajstić information content (AvgIpc) is 2.92. The van der Waals surface area contributed by atoms with Gasteiger partial charge in [-0.25, -0.2) is 4.98 Å². The van der Waals surface area contributed by atoms with Gasteiger partial charge in [0.15, 0.2) is 18.1 Å². The number of anilines is 1. The smallest absolute Gasteiger partial charge is 0.282 e. The van der Waals surface area contributed by atoms with E-state index in [0.29, 0.717) is 50.9 Å². The van der Waals surface area contributed by atoms with E-state index in [4.69, 9.17) is 26.1 Å². The first-order chi connectivity index (χ1) is 18.4. The summed E-state index contributed by atoms with van der Waals surface area (Å²) in [6.07, 6.45) is 3.92. The van der Waals surface area contributed by atoms with E-state index in [1.807, 2.05) is 12.1 Å². The summed E-state index contributed by atoms with van der Waals surface area (Å²) in [6, 6.07) is 17.4. The van der Waals surface area contributed by atoms with Crippen molar-refractivity contribution in [3.05, 3.63) is 91.9 Å². The number of carbonyl (C=O) groups excluding carboxylic acids is 1. The fourth-order valence-corrected chi connectivity index (χ4v) is 4.24. The lowest BCUT2D eigenvalue weighted by Crippen LogP contribution is -2.23. The third-order valence-electron chi connectivity index (χ3n) is 5.65. The van der Waals surface area contributed by atoms with Crippen molar-refractivity contribution in [1.29, 1.82) is 0 Å². The number of para-hydroxylation sites is 1. The van der Waals surface area contributed by atoms with Crippen LogP contribution >= 0.6 is 27.5 Å². The molecule has 0 bridgehead atoms. The van der Waals surface area contributed by atoms with E-state index in [9.17, 15) is 9.59 Å². The van der Waals surface area contributed by atoms with Crippen molar-refractivity contribution in [1.82, 2.24) is 9.66 Å². The van der Waals surface area contributed by atoms with Gasteiger partial charge < -0.3 is 14.8 Å². The molecule has 4 rings (SSSR count). The third kappa shape index (κ3) is 6.59. The van der Waals surface area contributed by atoms with Crippen molar-refractivity contribution in [2.75, 3.05) is 19.0 Å². The normalized spacial score (nSPS) is 11.2. The van der Waals surface area contributed by atoms with Crippen LogP contribution < -0.4 is 20.3 Å². The van der Waals surface area contributed by atoms with Crippen molar-refractivity contribution >= 4 is 56.2 Å². The zero-order chi connectivity index (χ0) is 27.1. The Bertz CT molecular complexity index is 1540. The quantitative estimate of drug-likeness (QED) is 0.224. The Kier molecular flexibility index (Phi) is 9.15. The van der Waals surface area contributed by atoms with Crippen LogP contribution in [0.25, 0.3) is 10.9 Å². The number of nitrogens with zero attached hydrogens (tertiary/aromatic N) is 3. The van der Waals surface area contributed by atoms with Crippen LogP contribution in [-0.2, 0) is 11.2 Å². The first-order valence-electron chi connectivity index (χ1n) is 12.0. The number of methoxy groups -OCH3 is 1. The van der Waals surface area contributed by atoms with Crippen LogP contribution in [-0.4, -0.2) is 35.5 Å². The van der Waals surface area contributed by atoms with Gasteiger partial charge in [-0.15, -0.1) is 0 Å². The van der Waals surface area contributed by atoms with Crippen LogP contribution in [0.3, 0.4) is 0 Å². The molecule has 0 aliphatic heterocycles. The lowest BCUT2D eigenvalue weighted by atomic mass is 10.2. The molecule has 0 radical (unpaired) electrons. The number of ether oxygens (including phenoxy) is 2. The molecular weight excluding hydrogens is 572 g/mol. The highest BCUT2D eigenvalue weighted by molar-refractivity contribution is 9.10. The number of unbranched alkanes of at least 4 members (excludes halogenated alkanes) is 1. The van der Waals surface area contributed by atoms with E-state index in [1.54, 1.807) is 48.5 Å². The molecule has 8 nitrogen and oxygen atoms in total. The molecule has 0 spiro atoms. The van der Waals surface area contributed by atoms with E-state index < -0.39 is 0 Å². The number of nitrogens with one attached hydrogen (secondary N) is 1. The van der Waals surface area contributed by atoms with Gasteiger partial charge in [0.1, 0.15) is 5.82 Å². The lowest BCUT2D eigenvalue weighted by Gasteiger charge is -2.14. The molecule has 0 saturated heterocycles. The van der Waals surface area contributed by atoms with Crippen LogP contribution in [0, 0.1) is 0 Å². The number of amides is 1. The molecule has 0 aliphatic rings. The number of hydrogen-bond acceptors (Lipinski definition) is 6. The van der Waals surface area contributed by atoms with Crippen molar-refractivity contribution in [2.24, 2.45) is 5.10 Å². The van der Waals surface area contributed by atoms with Gasteiger partial charge in [-0.1, -0.05) is 46.9 Å². The maximum atomic E-state index is 13.4. The Morgan fingerprint density at radius 3 is 2.71 bits per heavy atom. The van der Waals surface area contributed by atoms with E-state index in [-0.39, 0.29) is 18.1 Å². The monoisotopic (exact) mass is 596 g/mol. The topological polar surface area (TPSA) is 94.8 Å². The summed E-state index contributed by atoms with van der Waals surface area (Å²) >= 11 is 9.33. The van der Waals surface area contributed by atoms with Gasteiger partial charge in [0, 0.05) is 27.2 Å². The molecule has 0 fully saturated rings. The molecule has 196 valence electrons. The van der Waals surface area contributed by atoms with Gasteiger partial charge in [0.2, 0.25) is 0 Å². The number of aryl methyl sites for hydroxylation is 1. The predicted molar refractivity (Wildman–Crippen MR) is 154 cm³/mol. The average molecular weight is 598 g/mol. The standard InChI is InChI=1S/C28H26BrClN4O4/c1-3-4-8-25-33-23-14-9-19(29)15-22(23)28(36)34(25)31-16-18-6-5-7-24(37-2)27(18)38-17-26(35)32-21-12-10-20(30)11-13-21/h5-7,9-16H,3-4,8,17H2,1-2H3,(H,32,35). The Morgan fingerprint density at radius 2 is 1.97 bits per heavy atom. The van der Waals surface area contributed by atoms with Crippen LogP contribution in [0.15, 0.2) is 75.0 Å². The molecule has 1 heterocycles. The first-order valence-corrected chi connectivity index (χ1v) is 13.2. The molecule has 0 saturated carbocycles. The second-order valence-electron chi connectivity index (χ2n) is 8.38. The number of carbonyl (C=O) groups is 1. The molecule has 4 aromatic rings. The summed E-state index contributed by atoms with van der Waals surface area (Å²) in [4.78, 5) is 30.6. The fraction of sp³-hybridized carbons (Fsp3) is 0.214. The van der Waals surface area contributed by atoms with Crippen molar-refractivity contribution in [3.8, 4) is 11.5 Å². The summed E-state index contributed by atoms with van der Waals surface area (Å²) < 4.78 is 13.4. The molecule has 38 heavy (non-hydrogen) atoms. The van der Waals surface area contributed by atoms with Crippen LogP contribution in [0.1, 0.15) is 31.2 Å². The van der Waals surface area contributed by atoms with E-state index >= 15 is 0 Å². The zero-order valence-corrected chi connectivity index (χ0v) is 23.3. The van der Waals surface area contributed by atoms with Gasteiger partial charge in [0.05, 0.1) is 24.2 Å². The second-order valence-corrected chi connectivity index (χ2v) is 9.73.